The van der Waals surface area contributed by atoms with E-state index in [1.54, 1.807) is 42.0 Å². The highest BCUT2D eigenvalue weighted by Crippen LogP contribution is 2.27. The second-order valence-electron chi connectivity index (χ2n) is 6.21. The van der Waals surface area contributed by atoms with Crippen LogP contribution in [0.15, 0.2) is 88.6 Å². The monoisotopic (exact) mass is 370 g/mol. The fourth-order valence-electron chi connectivity index (χ4n) is 3.10. The van der Waals surface area contributed by atoms with E-state index in [0.29, 0.717) is 16.6 Å². The van der Waals surface area contributed by atoms with Gasteiger partial charge < -0.3 is 9.84 Å². The van der Waals surface area contributed by atoms with Crippen molar-refractivity contribution in [3.63, 3.8) is 0 Å². The van der Waals surface area contributed by atoms with Crippen molar-refractivity contribution in [2.24, 2.45) is 4.99 Å². The van der Waals surface area contributed by atoms with E-state index in [-0.39, 0.29) is 16.9 Å². The SMILES string of the molecule is COc1ccc(N=Cc2c(O)c3ccccc3n(-c3ccccc3)c2=O)cc1. The summed E-state index contributed by atoms with van der Waals surface area (Å²) in [6.07, 6.45) is 1.41. The lowest BCUT2D eigenvalue weighted by Crippen LogP contribution is -2.22. The van der Waals surface area contributed by atoms with Crippen molar-refractivity contribution in [1.29, 1.82) is 0 Å². The van der Waals surface area contributed by atoms with Gasteiger partial charge in [-0.15, -0.1) is 0 Å². The van der Waals surface area contributed by atoms with E-state index in [1.807, 2.05) is 48.5 Å². The number of pyridine rings is 1. The van der Waals surface area contributed by atoms with Crippen LogP contribution >= 0.6 is 0 Å². The summed E-state index contributed by atoms with van der Waals surface area (Å²) in [5.74, 6) is 0.643. The molecule has 0 aliphatic rings. The van der Waals surface area contributed by atoms with Crippen LogP contribution in [-0.2, 0) is 0 Å². The van der Waals surface area contributed by atoms with Gasteiger partial charge in [0.2, 0.25) is 0 Å². The molecule has 0 atom stereocenters. The lowest BCUT2D eigenvalue weighted by molar-refractivity contribution is 0.415. The van der Waals surface area contributed by atoms with Gasteiger partial charge in [-0.2, -0.15) is 0 Å². The third kappa shape index (κ3) is 3.14. The summed E-state index contributed by atoms with van der Waals surface area (Å²) in [6.45, 7) is 0. The topological polar surface area (TPSA) is 63.8 Å². The molecule has 0 saturated carbocycles. The van der Waals surface area contributed by atoms with E-state index in [4.69, 9.17) is 4.74 Å². The van der Waals surface area contributed by atoms with Crippen LogP contribution in [0, 0.1) is 0 Å². The largest absolute Gasteiger partial charge is 0.506 e. The zero-order chi connectivity index (χ0) is 19.5. The van der Waals surface area contributed by atoms with E-state index in [1.165, 1.54) is 6.21 Å². The van der Waals surface area contributed by atoms with Crippen LogP contribution in [0.3, 0.4) is 0 Å². The van der Waals surface area contributed by atoms with Gasteiger partial charge >= 0.3 is 0 Å². The average Bonchev–Trinajstić information content (AvgIpc) is 2.75. The third-order valence-corrected chi connectivity index (χ3v) is 4.52. The van der Waals surface area contributed by atoms with Gasteiger partial charge in [-0.05, 0) is 48.5 Å². The summed E-state index contributed by atoms with van der Waals surface area (Å²) in [5.41, 5.74) is 1.82. The summed E-state index contributed by atoms with van der Waals surface area (Å²) in [6, 6.07) is 23.7. The molecule has 0 bridgehead atoms. The van der Waals surface area contributed by atoms with Gasteiger partial charge in [-0.3, -0.25) is 14.4 Å². The van der Waals surface area contributed by atoms with Crippen LogP contribution in [-0.4, -0.2) is 23.0 Å². The lowest BCUT2D eigenvalue weighted by atomic mass is 10.1. The van der Waals surface area contributed by atoms with Crippen molar-refractivity contribution in [3.05, 3.63) is 94.8 Å². The number of benzene rings is 3. The number of methoxy groups -OCH3 is 1. The Morgan fingerprint density at radius 3 is 2.32 bits per heavy atom. The highest BCUT2D eigenvalue weighted by Gasteiger charge is 2.15. The Bertz CT molecular complexity index is 1210. The van der Waals surface area contributed by atoms with E-state index >= 15 is 0 Å². The molecule has 0 amide bonds. The molecule has 138 valence electrons. The second kappa shape index (κ2) is 7.40. The number of nitrogens with zero attached hydrogens (tertiary/aromatic N) is 2. The van der Waals surface area contributed by atoms with Gasteiger partial charge in [0.15, 0.2) is 0 Å². The molecule has 28 heavy (non-hydrogen) atoms. The lowest BCUT2D eigenvalue weighted by Gasteiger charge is -2.13. The maximum atomic E-state index is 13.2. The number of aromatic hydroxyl groups is 1. The van der Waals surface area contributed by atoms with Gasteiger partial charge in [-0.1, -0.05) is 30.3 Å². The van der Waals surface area contributed by atoms with Crippen molar-refractivity contribution < 1.29 is 9.84 Å². The number of aromatic nitrogens is 1. The first-order valence-electron chi connectivity index (χ1n) is 8.79. The Morgan fingerprint density at radius 2 is 1.61 bits per heavy atom. The minimum Gasteiger partial charge on any atom is -0.506 e. The zero-order valence-electron chi connectivity index (χ0n) is 15.2. The summed E-state index contributed by atoms with van der Waals surface area (Å²) in [4.78, 5) is 17.6. The molecule has 5 heteroatoms. The van der Waals surface area contributed by atoms with Crippen molar-refractivity contribution in [2.45, 2.75) is 0 Å². The number of rotatable bonds is 4. The summed E-state index contributed by atoms with van der Waals surface area (Å²) in [7, 11) is 1.59. The zero-order valence-corrected chi connectivity index (χ0v) is 15.2. The van der Waals surface area contributed by atoms with Gasteiger partial charge in [-0.25, -0.2) is 0 Å². The molecule has 4 rings (SSSR count). The summed E-state index contributed by atoms with van der Waals surface area (Å²) < 4.78 is 6.73. The molecule has 0 unspecified atom stereocenters. The number of fused-ring (bicyclic) bond motifs is 1. The molecule has 3 aromatic carbocycles. The van der Waals surface area contributed by atoms with Crippen LogP contribution in [0.2, 0.25) is 0 Å². The standard InChI is InChI=1S/C23H18N2O3/c1-28-18-13-11-16(12-14-18)24-15-20-22(26)19-9-5-6-10-21(19)25(23(20)27)17-7-3-2-4-8-17/h2-15,26H,1H3. The number of para-hydroxylation sites is 2. The third-order valence-electron chi connectivity index (χ3n) is 4.52. The Labute approximate surface area is 161 Å². The maximum Gasteiger partial charge on any atom is 0.268 e. The summed E-state index contributed by atoms with van der Waals surface area (Å²) >= 11 is 0. The molecular weight excluding hydrogens is 352 g/mol. The molecule has 0 spiro atoms. The molecular formula is C23H18N2O3. The van der Waals surface area contributed by atoms with Crippen molar-refractivity contribution in [3.8, 4) is 17.2 Å². The maximum absolute atomic E-state index is 13.2. The fourth-order valence-corrected chi connectivity index (χ4v) is 3.10. The predicted octanol–water partition coefficient (Wildman–Crippen LogP) is 4.46. The van der Waals surface area contributed by atoms with Gasteiger partial charge in [0.1, 0.15) is 17.1 Å². The smallest absolute Gasteiger partial charge is 0.268 e. The molecule has 0 aliphatic heterocycles. The second-order valence-corrected chi connectivity index (χ2v) is 6.21. The van der Waals surface area contributed by atoms with Crippen molar-refractivity contribution in [1.82, 2.24) is 4.57 Å². The Morgan fingerprint density at radius 1 is 0.929 bits per heavy atom. The molecule has 1 aromatic heterocycles. The van der Waals surface area contributed by atoms with Gasteiger partial charge in [0.05, 0.1) is 18.3 Å². The van der Waals surface area contributed by atoms with E-state index < -0.39 is 0 Å². The quantitative estimate of drug-likeness (QED) is 0.540. The summed E-state index contributed by atoms with van der Waals surface area (Å²) in [5, 5.41) is 11.3. The number of aliphatic imine (C=N–C) groups is 1. The molecule has 0 fully saturated rings. The number of hydrogen-bond donors (Lipinski definition) is 1. The normalized spacial score (nSPS) is 11.2. The fraction of sp³-hybridized carbons (Fsp3) is 0.0435. The van der Waals surface area contributed by atoms with E-state index in [2.05, 4.69) is 4.99 Å². The van der Waals surface area contributed by atoms with E-state index in [9.17, 15) is 9.90 Å². The highest BCUT2D eigenvalue weighted by molar-refractivity contribution is 5.96. The molecule has 1 heterocycles. The highest BCUT2D eigenvalue weighted by atomic mass is 16.5. The van der Waals surface area contributed by atoms with Crippen molar-refractivity contribution in [2.75, 3.05) is 7.11 Å². The van der Waals surface area contributed by atoms with E-state index in [0.717, 1.165) is 11.4 Å². The first-order valence-corrected chi connectivity index (χ1v) is 8.79. The van der Waals surface area contributed by atoms with Crippen LogP contribution in [0.1, 0.15) is 5.56 Å². The first-order chi connectivity index (χ1) is 13.7. The first kappa shape index (κ1) is 17.5. The Hall–Kier alpha value is -3.86. The van der Waals surface area contributed by atoms with Crippen molar-refractivity contribution >= 4 is 22.8 Å². The molecule has 5 nitrogen and oxygen atoms in total. The molecule has 4 aromatic rings. The van der Waals surface area contributed by atoms with Gasteiger partial charge in [0.25, 0.3) is 5.56 Å². The molecule has 0 saturated heterocycles. The van der Waals surface area contributed by atoms with Crippen LogP contribution in [0.25, 0.3) is 16.6 Å². The average molecular weight is 370 g/mol. The minimum atomic E-state index is -0.334. The number of ether oxygens (including phenoxy) is 1. The number of hydrogen-bond acceptors (Lipinski definition) is 4. The predicted molar refractivity (Wildman–Crippen MR) is 111 cm³/mol. The molecule has 1 N–H and O–H groups in total. The minimum absolute atomic E-state index is 0.0787. The van der Waals surface area contributed by atoms with Crippen LogP contribution < -0.4 is 10.3 Å². The van der Waals surface area contributed by atoms with Crippen LogP contribution in [0.4, 0.5) is 5.69 Å². The molecule has 0 radical (unpaired) electrons. The molecule has 0 aliphatic carbocycles. The Balaban J connectivity index is 1.91. The van der Waals surface area contributed by atoms with Crippen LogP contribution in [0.5, 0.6) is 11.5 Å². The van der Waals surface area contributed by atoms with Gasteiger partial charge in [0, 0.05) is 17.3 Å². The Kier molecular flexibility index (Phi) is 4.64.